The standard InChI is InChI=1S/C13H22N4O3S/c1-17(2)13(18)10-5-6-12(11(14)9-10)15-7-4-8-16-21(3,19)20/h5-6,9,15-16H,4,7-8,14H2,1-3H3. The maximum absolute atomic E-state index is 11.8. The molecule has 0 saturated carbocycles. The lowest BCUT2D eigenvalue weighted by molar-refractivity contribution is 0.0827. The van der Waals surface area contributed by atoms with E-state index in [0.29, 0.717) is 30.8 Å². The summed E-state index contributed by atoms with van der Waals surface area (Å²) in [5.41, 5.74) is 7.64. The van der Waals surface area contributed by atoms with E-state index >= 15 is 0 Å². The molecule has 0 unspecified atom stereocenters. The highest BCUT2D eigenvalue weighted by atomic mass is 32.2. The molecule has 1 amide bonds. The number of carbonyl (C=O) groups is 1. The van der Waals surface area contributed by atoms with Crippen molar-refractivity contribution in [3.05, 3.63) is 23.8 Å². The summed E-state index contributed by atoms with van der Waals surface area (Å²) in [5.74, 6) is -0.106. The van der Waals surface area contributed by atoms with E-state index in [1.54, 1.807) is 32.3 Å². The number of rotatable bonds is 7. The van der Waals surface area contributed by atoms with Crippen LogP contribution < -0.4 is 15.8 Å². The van der Waals surface area contributed by atoms with E-state index < -0.39 is 10.0 Å². The van der Waals surface area contributed by atoms with Crippen LogP contribution in [0.15, 0.2) is 18.2 Å². The highest BCUT2D eigenvalue weighted by Crippen LogP contribution is 2.20. The summed E-state index contributed by atoms with van der Waals surface area (Å²) in [4.78, 5) is 13.3. The van der Waals surface area contributed by atoms with Crippen molar-refractivity contribution in [2.45, 2.75) is 6.42 Å². The zero-order valence-corrected chi connectivity index (χ0v) is 13.3. The number of nitrogen functional groups attached to an aromatic ring is 1. The van der Waals surface area contributed by atoms with Gasteiger partial charge in [-0.2, -0.15) is 0 Å². The van der Waals surface area contributed by atoms with Gasteiger partial charge in [0, 0.05) is 32.7 Å². The van der Waals surface area contributed by atoms with Crippen molar-refractivity contribution in [1.82, 2.24) is 9.62 Å². The molecule has 118 valence electrons. The van der Waals surface area contributed by atoms with Crippen LogP contribution in [0.5, 0.6) is 0 Å². The Morgan fingerprint density at radius 3 is 2.48 bits per heavy atom. The van der Waals surface area contributed by atoms with Gasteiger partial charge in [0.25, 0.3) is 5.91 Å². The van der Waals surface area contributed by atoms with Crippen molar-refractivity contribution in [1.29, 1.82) is 0 Å². The van der Waals surface area contributed by atoms with E-state index in [4.69, 9.17) is 5.73 Å². The molecule has 0 saturated heterocycles. The topological polar surface area (TPSA) is 105 Å². The zero-order chi connectivity index (χ0) is 16.0. The molecule has 4 N–H and O–H groups in total. The predicted molar refractivity (Wildman–Crippen MR) is 84.8 cm³/mol. The number of nitrogens with two attached hydrogens (primary N) is 1. The Balaban J connectivity index is 2.52. The number of benzene rings is 1. The molecule has 7 nitrogen and oxygen atoms in total. The van der Waals surface area contributed by atoms with Gasteiger partial charge >= 0.3 is 0 Å². The molecule has 1 rings (SSSR count). The van der Waals surface area contributed by atoms with Crippen LogP contribution in [-0.4, -0.2) is 52.7 Å². The number of carbonyl (C=O) groups excluding carboxylic acids is 1. The second kappa shape index (κ2) is 7.28. The molecule has 0 bridgehead atoms. The van der Waals surface area contributed by atoms with Crippen molar-refractivity contribution >= 4 is 27.3 Å². The molecule has 8 heteroatoms. The van der Waals surface area contributed by atoms with E-state index in [0.717, 1.165) is 11.9 Å². The summed E-state index contributed by atoms with van der Waals surface area (Å²) < 4.78 is 24.2. The zero-order valence-electron chi connectivity index (χ0n) is 12.5. The van der Waals surface area contributed by atoms with Gasteiger partial charge in [0.1, 0.15) is 0 Å². The van der Waals surface area contributed by atoms with Gasteiger partial charge in [0.05, 0.1) is 17.6 Å². The van der Waals surface area contributed by atoms with E-state index in [1.165, 1.54) is 4.90 Å². The average molecular weight is 314 g/mol. The molecular weight excluding hydrogens is 292 g/mol. The van der Waals surface area contributed by atoms with Crippen LogP contribution in [-0.2, 0) is 10.0 Å². The summed E-state index contributed by atoms with van der Waals surface area (Å²) >= 11 is 0. The normalized spacial score (nSPS) is 11.2. The van der Waals surface area contributed by atoms with E-state index in [9.17, 15) is 13.2 Å². The van der Waals surface area contributed by atoms with Crippen LogP contribution in [0.2, 0.25) is 0 Å². The molecule has 1 aromatic rings. The second-order valence-corrected chi connectivity index (χ2v) is 6.78. The maximum Gasteiger partial charge on any atom is 0.253 e. The molecule has 1 aromatic carbocycles. The Hall–Kier alpha value is -1.80. The van der Waals surface area contributed by atoms with Crippen molar-refractivity contribution < 1.29 is 13.2 Å². The number of sulfonamides is 1. The highest BCUT2D eigenvalue weighted by Gasteiger charge is 2.09. The predicted octanol–water partition coefficient (Wildman–Crippen LogP) is 0.322. The molecule has 0 spiro atoms. The molecular formula is C13H22N4O3S. The Kier molecular flexibility index (Phi) is 5.98. The summed E-state index contributed by atoms with van der Waals surface area (Å²) in [7, 11) is 0.215. The van der Waals surface area contributed by atoms with Gasteiger partial charge in [-0.25, -0.2) is 13.1 Å². The molecule has 0 heterocycles. The lowest BCUT2D eigenvalue weighted by Crippen LogP contribution is -2.24. The fraction of sp³-hybridized carbons (Fsp3) is 0.462. The molecule has 0 fully saturated rings. The molecule has 0 radical (unpaired) electrons. The minimum atomic E-state index is -3.15. The van der Waals surface area contributed by atoms with Crippen LogP contribution in [0.4, 0.5) is 11.4 Å². The van der Waals surface area contributed by atoms with E-state index in [1.807, 2.05) is 0 Å². The number of anilines is 2. The first-order valence-electron chi connectivity index (χ1n) is 6.50. The second-order valence-electron chi connectivity index (χ2n) is 4.95. The van der Waals surface area contributed by atoms with Crippen LogP contribution in [0.3, 0.4) is 0 Å². The number of nitrogens with one attached hydrogen (secondary N) is 2. The highest BCUT2D eigenvalue weighted by molar-refractivity contribution is 7.88. The molecule has 0 aliphatic heterocycles. The first kappa shape index (κ1) is 17.3. The fourth-order valence-corrected chi connectivity index (χ4v) is 2.20. The van der Waals surface area contributed by atoms with Crippen LogP contribution >= 0.6 is 0 Å². The van der Waals surface area contributed by atoms with Crippen LogP contribution in [0.25, 0.3) is 0 Å². The van der Waals surface area contributed by atoms with Crippen LogP contribution in [0, 0.1) is 0 Å². The van der Waals surface area contributed by atoms with Crippen molar-refractivity contribution in [2.75, 3.05) is 44.5 Å². The first-order chi connectivity index (χ1) is 9.70. The van der Waals surface area contributed by atoms with Crippen molar-refractivity contribution in [3.63, 3.8) is 0 Å². The Bertz CT molecular complexity index is 599. The molecule has 21 heavy (non-hydrogen) atoms. The average Bonchev–Trinajstić information content (AvgIpc) is 2.37. The number of hydrogen-bond acceptors (Lipinski definition) is 5. The third kappa shape index (κ3) is 6.01. The minimum Gasteiger partial charge on any atom is -0.397 e. The number of nitrogens with zero attached hydrogens (tertiary/aromatic N) is 1. The first-order valence-corrected chi connectivity index (χ1v) is 8.39. The quantitative estimate of drug-likeness (QED) is 0.497. The third-order valence-corrected chi connectivity index (χ3v) is 3.47. The Labute approximate surface area is 125 Å². The minimum absolute atomic E-state index is 0.106. The van der Waals surface area contributed by atoms with E-state index in [-0.39, 0.29) is 5.91 Å². The van der Waals surface area contributed by atoms with Gasteiger partial charge in [-0.1, -0.05) is 0 Å². The summed E-state index contributed by atoms with van der Waals surface area (Å²) in [6.07, 6.45) is 1.75. The largest absolute Gasteiger partial charge is 0.397 e. The maximum atomic E-state index is 11.8. The van der Waals surface area contributed by atoms with E-state index in [2.05, 4.69) is 10.0 Å². The SMILES string of the molecule is CN(C)C(=O)c1ccc(NCCCNS(C)(=O)=O)c(N)c1. The summed E-state index contributed by atoms with van der Waals surface area (Å²) in [5, 5.41) is 3.11. The number of amides is 1. The monoisotopic (exact) mass is 314 g/mol. The third-order valence-electron chi connectivity index (χ3n) is 2.74. The van der Waals surface area contributed by atoms with Gasteiger partial charge in [0.15, 0.2) is 0 Å². The molecule has 0 aromatic heterocycles. The Morgan fingerprint density at radius 2 is 1.95 bits per heavy atom. The van der Waals surface area contributed by atoms with Crippen molar-refractivity contribution in [2.24, 2.45) is 0 Å². The van der Waals surface area contributed by atoms with Gasteiger partial charge in [-0.15, -0.1) is 0 Å². The smallest absolute Gasteiger partial charge is 0.253 e. The van der Waals surface area contributed by atoms with Gasteiger partial charge in [-0.3, -0.25) is 4.79 Å². The summed E-state index contributed by atoms with van der Waals surface area (Å²) in [6.45, 7) is 0.941. The molecule has 0 aliphatic rings. The molecule has 0 aliphatic carbocycles. The lowest BCUT2D eigenvalue weighted by atomic mass is 10.1. The lowest BCUT2D eigenvalue weighted by Gasteiger charge is -2.13. The van der Waals surface area contributed by atoms with Gasteiger partial charge in [-0.05, 0) is 24.6 Å². The Morgan fingerprint density at radius 1 is 1.29 bits per heavy atom. The number of hydrogen-bond donors (Lipinski definition) is 3. The van der Waals surface area contributed by atoms with Crippen molar-refractivity contribution in [3.8, 4) is 0 Å². The molecule has 0 atom stereocenters. The summed E-state index contributed by atoms with van der Waals surface area (Å²) in [6, 6.07) is 5.07. The van der Waals surface area contributed by atoms with Gasteiger partial charge < -0.3 is 16.0 Å². The van der Waals surface area contributed by atoms with Crippen LogP contribution in [0.1, 0.15) is 16.8 Å². The fourth-order valence-electron chi connectivity index (χ4n) is 1.68. The van der Waals surface area contributed by atoms with Gasteiger partial charge in [0.2, 0.25) is 10.0 Å².